The molecule has 0 aliphatic carbocycles. The Balaban J connectivity index is 2.65. The van der Waals surface area contributed by atoms with Crippen LogP contribution in [0.25, 0.3) is 16.5 Å². The monoisotopic (exact) mass is 204 g/mol. The van der Waals surface area contributed by atoms with Crippen LogP contribution in [0.1, 0.15) is 5.56 Å². The van der Waals surface area contributed by atoms with Crippen LogP contribution < -0.4 is 0 Å². The number of furan rings is 1. The second kappa shape index (κ2) is 3.16. The first-order chi connectivity index (χ1) is 7.09. The molecule has 2 aromatic rings. The van der Waals surface area contributed by atoms with E-state index in [1.165, 1.54) is 18.4 Å². The lowest BCUT2D eigenvalue weighted by atomic mass is 10.0. The Kier molecular flexibility index (Phi) is 1.97. The molecule has 0 spiro atoms. The lowest BCUT2D eigenvalue weighted by Crippen LogP contribution is -1.98. The van der Waals surface area contributed by atoms with Crippen molar-refractivity contribution in [1.29, 1.82) is 0 Å². The van der Waals surface area contributed by atoms with Gasteiger partial charge in [0, 0.05) is 17.0 Å². The van der Waals surface area contributed by atoms with Gasteiger partial charge >= 0.3 is 5.97 Å². The third-order valence-electron chi connectivity index (χ3n) is 2.15. The van der Waals surface area contributed by atoms with Gasteiger partial charge in [0.2, 0.25) is 0 Å². The van der Waals surface area contributed by atoms with Crippen molar-refractivity contribution in [2.45, 2.75) is 0 Å². The zero-order chi connectivity index (χ0) is 11.0. The zero-order valence-electron chi connectivity index (χ0n) is 7.73. The van der Waals surface area contributed by atoms with E-state index in [0.29, 0.717) is 5.58 Å². The number of rotatable bonds is 2. The summed E-state index contributed by atoms with van der Waals surface area (Å²) in [5, 5.41) is 19.0. The smallest absolute Gasteiger partial charge is 0.335 e. The Morgan fingerprint density at radius 3 is 2.80 bits per heavy atom. The molecule has 1 heterocycles. The number of carboxylic acid groups (broad SMARTS) is 1. The molecule has 0 amide bonds. The molecule has 0 fully saturated rings. The second-order valence-electron chi connectivity index (χ2n) is 3.11. The van der Waals surface area contributed by atoms with E-state index >= 15 is 0 Å². The van der Waals surface area contributed by atoms with Crippen LogP contribution in [0, 0.1) is 0 Å². The van der Waals surface area contributed by atoms with Crippen LogP contribution in [0.4, 0.5) is 0 Å². The predicted molar refractivity (Wildman–Crippen MR) is 54.5 cm³/mol. The Hall–Kier alpha value is -2.23. The van der Waals surface area contributed by atoms with E-state index < -0.39 is 5.97 Å². The number of benzene rings is 1. The lowest BCUT2D eigenvalue weighted by molar-refractivity contribution is -0.130. The van der Waals surface area contributed by atoms with Crippen LogP contribution in [0.15, 0.2) is 35.5 Å². The van der Waals surface area contributed by atoms with Gasteiger partial charge in [-0.2, -0.15) is 0 Å². The molecule has 15 heavy (non-hydrogen) atoms. The van der Waals surface area contributed by atoms with Crippen LogP contribution >= 0.6 is 0 Å². The van der Waals surface area contributed by atoms with E-state index in [1.54, 1.807) is 6.07 Å². The number of hydrogen-bond acceptors (Lipinski definition) is 3. The summed E-state index contributed by atoms with van der Waals surface area (Å²) in [6.07, 6.45) is 1.47. The number of hydrogen-bond donors (Lipinski definition) is 2. The van der Waals surface area contributed by atoms with Gasteiger partial charge in [0.25, 0.3) is 0 Å². The quantitative estimate of drug-likeness (QED) is 0.736. The molecule has 0 saturated heterocycles. The summed E-state index contributed by atoms with van der Waals surface area (Å²) in [6, 6.07) is 4.59. The van der Waals surface area contributed by atoms with E-state index in [2.05, 4.69) is 6.58 Å². The molecule has 0 radical (unpaired) electrons. The lowest BCUT2D eigenvalue weighted by Gasteiger charge is -2.03. The van der Waals surface area contributed by atoms with Crippen molar-refractivity contribution >= 4 is 22.5 Å². The van der Waals surface area contributed by atoms with Gasteiger partial charge in [0.05, 0.1) is 11.8 Å². The van der Waals surface area contributed by atoms with Crippen LogP contribution in [0.5, 0.6) is 5.75 Å². The molecular weight excluding hydrogens is 196 g/mol. The maximum absolute atomic E-state index is 10.7. The molecule has 0 saturated carbocycles. The van der Waals surface area contributed by atoms with Crippen molar-refractivity contribution in [3.8, 4) is 5.75 Å². The largest absolute Gasteiger partial charge is 0.507 e. The normalized spacial score (nSPS) is 10.4. The van der Waals surface area contributed by atoms with E-state index in [4.69, 9.17) is 9.52 Å². The summed E-state index contributed by atoms with van der Waals surface area (Å²) in [7, 11) is 0. The molecule has 1 aromatic heterocycles. The van der Waals surface area contributed by atoms with Gasteiger partial charge in [0.1, 0.15) is 11.3 Å². The van der Waals surface area contributed by atoms with Gasteiger partial charge in [-0.05, 0) is 12.1 Å². The first kappa shape index (κ1) is 9.33. The SMILES string of the molecule is C=C(C(=O)O)c1cc2ccoc2cc1O. The minimum absolute atomic E-state index is 0.143. The average molecular weight is 204 g/mol. The van der Waals surface area contributed by atoms with E-state index in [-0.39, 0.29) is 16.9 Å². The number of fused-ring (bicyclic) bond motifs is 1. The number of phenols is 1. The summed E-state index contributed by atoms with van der Waals surface area (Å²) in [6.45, 7) is 3.39. The van der Waals surface area contributed by atoms with Crippen molar-refractivity contribution in [3.63, 3.8) is 0 Å². The molecule has 4 heteroatoms. The minimum Gasteiger partial charge on any atom is -0.507 e. The standard InChI is InChI=1S/C11H8O4/c1-6(11(13)14)8-4-7-2-3-15-10(7)5-9(8)12/h2-5,12H,1H2,(H,13,14). The van der Waals surface area contributed by atoms with Gasteiger partial charge < -0.3 is 14.6 Å². The summed E-state index contributed by atoms with van der Waals surface area (Å²) >= 11 is 0. The molecule has 4 nitrogen and oxygen atoms in total. The number of aliphatic carboxylic acids is 1. The molecule has 2 N–H and O–H groups in total. The second-order valence-corrected chi connectivity index (χ2v) is 3.11. The summed E-state index contributed by atoms with van der Waals surface area (Å²) < 4.78 is 5.06. The number of carboxylic acids is 1. The van der Waals surface area contributed by atoms with Crippen molar-refractivity contribution < 1.29 is 19.4 Å². The van der Waals surface area contributed by atoms with Crippen molar-refractivity contribution in [2.75, 3.05) is 0 Å². The Morgan fingerprint density at radius 1 is 1.40 bits per heavy atom. The fourth-order valence-corrected chi connectivity index (χ4v) is 1.36. The van der Waals surface area contributed by atoms with Gasteiger partial charge in [-0.15, -0.1) is 0 Å². The van der Waals surface area contributed by atoms with Crippen molar-refractivity contribution in [2.24, 2.45) is 0 Å². The maximum Gasteiger partial charge on any atom is 0.335 e. The first-order valence-corrected chi connectivity index (χ1v) is 4.22. The minimum atomic E-state index is -1.16. The molecule has 0 bridgehead atoms. The highest BCUT2D eigenvalue weighted by Crippen LogP contribution is 2.30. The van der Waals surface area contributed by atoms with Crippen molar-refractivity contribution in [1.82, 2.24) is 0 Å². The fraction of sp³-hybridized carbons (Fsp3) is 0. The van der Waals surface area contributed by atoms with E-state index in [9.17, 15) is 9.90 Å². The highest BCUT2D eigenvalue weighted by atomic mass is 16.4. The third-order valence-corrected chi connectivity index (χ3v) is 2.15. The van der Waals surface area contributed by atoms with Crippen LogP contribution in [0.2, 0.25) is 0 Å². The highest BCUT2D eigenvalue weighted by Gasteiger charge is 2.13. The van der Waals surface area contributed by atoms with Gasteiger partial charge in [-0.25, -0.2) is 4.79 Å². The topological polar surface area (TPSA) is 70.7 Å². The molecule has 1 aromatic carbocycles. The number of phenolic OH excluding ortho intramolecular Hbond substituents is 1. The first-order valence-electron chi connectivity index (χ1n) is 4.22. The highest BCUT2D eigenvalue weighted by molar-refractivity contribution is 6.16. The molecular formula is C11H8O4. The van der Waals surface area contributed by atoms with Gasteiger partial charge in [-0.1, -0.05) is 6.58 Å². The molecule has 0 atom stereocenters. The Bertz CT molecular complexity index is 551. The Labute approximate surface area is 85.1 Å². The maximum atomic E-state index is 10.7. The van der Waals surface area contributed by atoms with E-state index in [1.807, 2.05) is 0 Å². The summed E-state index contributed by atoms with van der Waals surface area (Å²) in [5.41, 5.74) is 0.571. The molecule has 0 aliphatic rings. The fourth-order valence-electron chi connectivity index (χ4n) is 1.36. The van der Waals surface area contributed by atoms with Crippen LogP contribution in [-0.4, -0.2) is 16.2 Å². The predicted octanol–water partition coefficient (Wildman–Crippen LogP) is 2.24. The number of aromatic hydroxyl groups is 1. The third kappa shape index (κ3) is 1.46. The van der Waals surface area contributed by atoms with Crippen molar-refractivity contribution in [3.05, 3.63) is 36.6 Å². The number of carbonyl (C=O) groups is 1. The summed E-state index contributed by atoms with van der Waals surface area (Å²) in [4.78, 5) is 10.7. The van der Waals surface area contributed by atoms with Gasteiger partial charge in [-0.3, -0.25) is 0 Å². The summed E-state index contributed by atoms with van der Waals surface area (Å²) in [5.74, 6) is -1.31. The van der Waals surface area contributed by atoms with Crippen LogP contribution in [0.3, 0.4) is 0 Å². The molecule has 2 rings (SSSR count). The molecule has 76 valence electrons. The Morgan fingerprint density at radius 2 is 2.13 bits per heavy atom. The van der Waals surface area contributed by atoms with Crippen LogP contribution in [-0.2, 0) is 4.79 Å². The zero-order valence-corrected chi connectivity index (χ0v) is 7.73. The van der Waals surface area contributed by atoms with E-state index in [0.717, 1.165) is 5.39 Å². The average Bonchev–Trinajstić information content (AvgIpc) is 2.62. The molecule has 0 aliphatic heterocycles. The molecule has 0 unspecified atom stereocenters. The van der Waals surface area contributed by atoms with Gasteiger partial charge in [0.15, 0.2) is 0 Å².